The highest BCUT2D eigenvalue weighted by atomic mass is 16.5. The predicted octanol–water partition coefficient (Wildman–Crippen LogP) is 4.15. The number of carbonyl (C=O) groups excluding carboxylic acids is 1. The first-order valence-electron chi connectivity index (χ1n) is 10.2. The number of para-hydroxylation sites is 2. The Morgan fingerprint density at radius 3 is 2.41 bits per heavy atom. The Kier molecular flexibility index (Phi) is 7.01. The highest BCUT2D eigenvalue weighted by Crippen LogP contribution is 2.42. The zero-order valence-corrected chi connectivity index (χ0v) is 17.2. The first-order chi connectivity index (χ1) is 14.1. The molecule has 29 heavy (non-hydrogen) atoms. The standard InChI is InChI=1S/C25H28N2O2/c1-3-25(24(28)29-4-2)16-20(18-26-22-11-7-5-8-12-22)15-21(17-25)19-27-23-13-9-6-10-14-23/h5-15,18-19,26H,3-4,16-17H2,1-2H3/p+1/b20-18-,27-19?. The maximum atomic E-state index is 12.9. The number of benzene rings is 2. The van der Waals surface area contributed by atoms with E-state index < -0.39 is 5.41 Å². The van der Waals surface area contributed by atoms with E-state index in [1.54, 1.807) is 0 Å². The predicted molar refractivity (Wildman–Crippen MR) is 118 cm³/mol. The van der Waals surface area contributed by atoms with Crippen molar-refractivity contribution in [2.45, 2.75) is 33.1 Å². The van der Waals surface area contributed by atoms with Crippen LogP contribution in [0.15, 0.2) is 84.1 Å². The molecule has 1 aliphatic rings. The molecule has 0 aliphatic heterocycles. The van der Waals surface area contributed by atoms with E-state index in [1.807, 2.05) is 80.0 Å². The fraction of sp³-hybridized carbons (Fsp3) is 0.280. The second kappa shape index (κ2) is 9.87. The molecule has 4 nitrogen and oxygen atoms in total. The summed E-state index contributed by atoms with van der Waals surface area (Å²) in [5.41, 5.74) is 3.65. The molecule has 0 aromatic heterocycles. The Labute approximate surface area is 173 Å². The Bertz CT molecular complexity index is 901. The van der Waals surface area contributed by atoms with Gasteiger partial charge in [-0.2, -0.15) is 0 Å². The molecule has 4 heteroatoms. The van der Waals surface area contributed by atoms with Crippen LogP contribution in [-0.4, -0.2) is 18.8 Å². The van der Waals surface area contributed by atoms with Crippen LogP contribution >= 0.6 is 0 Å². The number of carbonyl (C=O) groups is 1. The summed E-state index contributed by atoms with van der Waals surface area (Å²) in [7, 11) is 0. The molecule has 3 rings (SSSR count). The van der Waals surface area contributed by atoms with E-state index in [2.05, 4.69) is 23.3 Å². The van der Waals surface area contributed by atoms with Gasteiger partial charge in [-0.3, -0.25) is 4.79 Å². The van der Waals surface area contributed by atoms with E-state index in [0.717, 1.165) is 28.9 Å². The average Bonchev–Trinajstić information content (AvgIpc) is 2.77. The van der Waals surface area contributed by atoms with E-state index in [0.29, 0.717) is 19.4 Å². The minimum atomic E-state index is -0.542. The lowest BCUT2D eigenvalue weighted by atomic mass is 9.70. The second-order valence-electron chi connectivity index (χ2n) is 7.31. The number of hydrogen-bond acceptors (Lipinski definition) is 3. The van der Waals surface area contributed by atoms with Crippen molar-refractivity contribution in [3.05, 3.63) is 84.1 Å². The van der Waals surface area contributed by atoms with E-state index in [4.69, 9.17) is 4.74 Å². The van der Waals surface area contributed by atoms with Gasteiger partial charge in [0.1, 0.15) is 0 Å². The summed E-state index contributed by atoms with van der Waals surface area (Å²) >= 11 is 0. The monoisotopic (exact) mass is 389 g/mol. The van der Waals surface area contributed by atoms with Crippen LogP contribution < -0.4 is 10.3 Å². The molecule has 1 aliphatic carbocycles. The average molecular weight is 390 g/mol. The van der Waals surface area contributed by atoms with Crippen molar-refractivity contribution in [3.63, 3.8) is 0 Å². The molecule has 1 unspecified atom stereocenters. The largest absolute Gasteiger partial charge is 0.466 e. The smallest absolute Gasteiger partial charge is 0.312 e. The van der Waals surface area contributed by atoms with Gasteiger partial charge in [0, 0.05) is 29.6 Å². The van der Waals surface area contributed by atoms with Gasteiger partial charge in [0.25, 0.3) is 0 Å². The maximum absolute atomic E-state index is 12.9. The number of anilines is 1. The van der Waals surface area contributed by atoms with Crippen LogP contribution in [0.5, 0.6) is 0 Å². The van der Waals surface area contributed by atoms with Gasteiger partial charge in [-0.15, -0.1) is 0 Å². The molecule has 2 aromatic rings. The van der Waals surface area contributed by atoms with Crippen molar-refractivity contribution < 1.29 is 14.5 Å². The van der Waals surface area contributed by atoms with Crippen molar-refractivity contribution >= 4 is 23.6 Å². The summed E-state index contributed by atoms with van der Waals surface area (Å²) in [4.78, 5) is 16.2. The first-order valence-corrected chi connectivity index (χ1v) is 10.2. The lowest BCUT2D eigenvalue weighted by Gasteiger charge is -2.34. The van der Waals surface area contributed by atoms with Crippen LogP contribution in [0, 0.1) is 5.41 Å². The lowest BCUT2D eigenvalue weighted by molar-refractivity contribution is -0.347. The van der Waals surface area contributed by atoms with Gasteiger partial charge in [-0.1, -0.05) is 43.3 Å². The van der Waals surface area contributed by atoms with Crippen molar-refractivity contribution in [1.29, 1.82) is 0 Å². The Morgan fingerprint density at radius 1 is 1.07 bits per heavy atom. The first kappa shape index (κ1) is 20.6. The van der Waals surface area contributed by atoms with Gasteiger partial charge >= 0.3 is 5.97 Å². The second-order valence-corrected chi connectivity index (χ2v) is 7.31. The van der Waals surface area contributed by atoms with E-state index in [1.165, 1.54) is 0 Å². The number of esters is 1. The van der Waals surface area contributed by atoms with Crippen molar-refractivity contribution in [2.24, 2.45) is 5.41 Å². The van der Waals surface area contributed by atoms with Gasteiger partial charge < -0.3 is 10.1 Å². The van der Waals surface area contributed by atoms with Crippen LogP contribution in [0.1, 0.15) is 33.1 Å². The lowest BCUT2D eigenvalue weighted by Crippen LogP contribution is -2.62. The zero-order chi connectivity index (χ0) is 20.5. The normalized spacial score (nSPS) is 20.5. The molecule has 0 radical (unpaired) electrons. The van der Waals surface area contributed by atoms with Crippen LogP contribution in [0.4, 0.5) is 11.4 Å². The third-order valence-electron chi connectivity index (χ3n) is 5.24. The summed E-state index contributed by atoms with van der Waals surface area (Å²) < 4.78 is 5.45. The molecule has 0 heterocycles. The fourth-order valence-corrected chi connectivity index (χ4v) is 3.61. The molecular weight excluding hydrogens is 360 g/mol. The molecule has 150 valence electrons. The van der Waals surface area contributed by atoms with Crippen LogP contribution in [0.25, 0.3) is 0 Å². The Hall–Kier alpha value is -3.14. The minimum Gasteiger partial charge on any atom is -0.466 e. The summed E-state index contributed by atoms with van der Waals surface area (Å²) in [5, 5.41) is 3.35. The van der Waals surface area contributed by atoms with Gasteiger partial charge in [-0.25, -0.2) is 4.99 Å². The molecule has 1 atom stereocenters. The van der Waals surface area contributed by atoms with Crippen LogP contribution in [0.2, 0.25) is 0 Å². The minimum absolute atomic E-state index is 0.119. The number of rotatable bonds is 7. The van der Waals surface area contributed by atoms with Crippen molar-refractivity contribution in [2.75, 3.05) is 11.9 Å². The van der Waals surface area contributed by atoms with Crippen LogP contribution in [0.3, 0.4) is 0 Å². The molecule has 0 spiro atoms. The fourth-order valence-electron chi connectivity index (χ4n) is 3.61. The molecule has 0 bridgehead atoms. The molecule has 0 fully saturated rings. The third-order valence-corrected chi connectivity index (χ3v) is 5.24. The SMILES string of the molecule is CCOC(=O)C1(CC)CC(C=[NH+]c2ccccc2)=C/C(=C/Nc2ccccc2)C1. The summed E-state index contributed by atoms with van der Waals surface area (Å²) in [6.07, 6.45) is 8.18. The van der Waals surface area contributed by atoms with Gasteiger partial charge in [-0.05, 0) is 50.0 Å². The van der Waals surface area contributed by atoms with Crippen LogP contribution in [-0.2, 0) is 9.53 Å². The van der Waals surface area contributed by atoms with E-state index in [9.17, 15) is 4.79 Å². The van der Waals surface area contributed by atoms with Crippen molar-refractivity contribution in [3.8, 4) is 0 Å². The number of ether oxygens (including phenoxy) is 1. The summed E-state index contributed by atoms with van der Waals surface area (Å²) in [6.45, 7) is 4.32. The summed E-state index contributed by atoms with van der Waals surface area (Å²) in [6, 6.07) is 20.0. The van der Waals surface area contributed by atoms with Gasteiger partial charge in [0.2, 0.25) is 5.69 Å². The molecule has 2 aromatic carbocycles. The zero-order valence-electron chi connectivity index (χ0n) is 17.2. The molecule has 2 N–H and O–H groups in total. The number of allylic oxidation sites excluding steroid dienone is 3. The molecule has 0 saturated heterocycles. The van der Waals surface area contributed by atoms with E-state index >= 15 is 0 Å². The highest BCUT2D eigenvalue weighted by molar-refractivity contribution is 5.83. The van der Waals surface area contributed by atoms with Gasteiger partial charge in [0.05, 0.1) is 12.0 Å². The highest BCUT2D eigenvalue weighted by Gasteiger charge is 2.41. The Morgan fingerprint density at radius 2 is 1.76 bits per heavy atom. The quantitative estimate of drug-likeness (QED) is 0.553. The van der Waals surface area contributed by atoms with Gasteiger partial charge in [0.15, 0.2) is 6.21 Å². The molecule has 0 saturated carbocycles. The summed E-state index contributed by atoms with van der Waals surface area (Å²) in [5.74, 6) is -0.119. The molecule has 0 amide bonds. The Balaban J connectivity index is 1.90. The topological polar surface area (TPSA) is 52.3 Å². The number of nitrogens with one attached hydrogen (secondary N) is 2. The van der Waals surface area contributed by atoms with E-state index in [-0.39, 0.29) is 5.97 Å². The number of hydrogen-bond donors (Lipinski definition) is 2. The third kappa shape index (κ3) is 5.44. The molecular formula is C25H29N2O2+. The maximum Gasteiger partial charge on any atom is 0.312 e. The van der Waals surface area contributed by atoms with Crippen molar-refractivity contribution in [1.82, 2.24) is 0 Å².